The molecular weight excluding hydrogens is 241 g/mol. The predicted molar refractivity (Wildman–Crippen MR) is 62.7 cm³/mol. The third-order valence-electron chi connectivity index (χ3n) is 2.84. The number of hydrogen-bond donors (Lipinski definition) is 2. The summed E-state index contributed by atoms with van der Waals surface area (Å²) in [6.07, 6.45) is 0.676. The molecule has 0 aliphatic carbocycles. The Bertz CT molecular complexity index is 486. The van der Waals surface area contributed by atoms with Gasteiger partial charge in [-0.1, -0.05) is 0 Å². The normalized spacial score (nSPS) is 18.6. The number of hydrogen-bond acceptors (Lipinski definition) is 4. The van der Waals surface area contributed by atoms with Crippen LogP contribution in [-0.4, -0.2) is 23.9 Å². The minimum atomic E-state index is -0.651. The molecule has 1 fully saturated rings. The van der Waals surface area contributed by atoms with Crippen LogP contribution in [0.2, 0.25) is 0 Å². The Hall–Kier alpha value is -2.02. The highest BCUT2D eigenvalue weighted by molar-refractivity contribution is 5.95. The highest BCUT2D eigenvalue weighted by Gasteiger charge is 2.25. The maximum Gasteiger partial charge on any atom is 0.292 e. The van der Waals surface area contributed by atoms with Gasteiger partial charge in [0, 0.05) is 18.7 Å². The number of nitro groups is 1. The second-order valence-electron chi connectivity index (χ2n) is 4.10. The van der Waals surface area contributed by atoms with Crippen LogP contribution in [0.5, 0.6) is 0 Å². The molecule has 1 atom stereocenters. The van der Waals surface area contributed by atoms with E-state index in [-0.39, 0.29) is 23.2 Å². The van der Waals surface area contributed by atoms with Gasteiger partial charge in [-0.15, -0.1) is 0 Å². The van der Waals surface area contributed by atoms with Gasteiger partial charge < -0.3 is 10.6 Å². The fourth-order valence-electron chi connectivity index (χ4n) is 1.88. The van der Waals surface area contributed by atoms with Crippen molar-refractivity contribution in [2.75, 3.05) is 18.4 Å². The van der Waals surface area contributed by atoms with E-state index in [4.69, 9.17) is 0 Å². The number of halogens is 1. The van der Waals surface area contributed by atoms with Crippen molar-refractivity contribution in [2.45, 2.75) is 6.42 Å². The van der Waals surface area contributed by atoms with Crippen molar-refractivity contribution in [1.82, 2.24) is 5.32 Å². The molecule has 96 valence electrons. The number of nitro benzene ring substituents is 1. The Morgan fingerprint density at radius 1 is 1.56 bits per heavy atom. The van der Waals surface area contributed by atoms with Crippen LogP contribution in [0.25, 0.3) is 0 Å². The summed E-state index contributed by atoms with van der Waals surface area (Å²) in [4.78, 5) is 21.9. The van der Waals surface area contributed by atoms with Crippen molar-refractivity contribution in [1.29, 1.82) is 0 Å². The lowest BCUT2D eigenvalue weighted by Gasteiger charge is -2.10. The lowest BCUT2D eigenvalue weighted by molar-refractivity contribution is -0.384. The molecule has 1 aromatic carbocycles. The zero-order valence-corrected chi connectivity index (χ0v) is 9.48. The van der Waals surface area contributed by atoms with E-state index in [0.717, 1.165) is 24.7 Å². The highest BCUT2D eigenvalue weighted by atomic mass is 19.1. The molecule has 1 unspecified atom stereocenters. The number of benzene rings is 1. The molecule has 0 radical (unpaired) electrons. The van der Waals surface area contributed by atoms with Crippen LogP contribution in [-0.2, 0) is 4.79 Å². The van der Waals surface area contributed by atoms with Gasteiger partial charge in [-0.3, -0.25) is 14.9 Å². The summed E-state index contributed by atoms with van der Waals surface area (Å²) in [7, 11) is 0. The van der Waals surface area contributed by atoms with E-state index in [0.29, 0.717) is 13.0 Å². The van der Waals surface area contributed by atoms with Gasteiger partial charge >= 0.3 is 0 Å². The number of carbonyl (C=O) groups is 1. The molecule has 1 saturated heterocycles. The Morgan fingerprint density at radius 2 is 2.33 bits per heavy atom. The average Bonchev–Trinajstić information content (AvgIpc) is 2.81. The third-order valence-corrected chi connectivity index (χ3v) is 2.84. The molecule has 1 aromatic rings. The third kappa shape index (κ3) is 2.62. The first-order chi connectivity index (χ1) is 8.58. The number of nitrogens with zero attached hydrogens (tertiary/aromatic N) is 1. The molecule has 2 N–H and O–H groups in total. The van der Waals surface area contributed by atoms with Crippen molar-refractivity contribution < 1.29 is 14.1 Å². The predicted octanol–water partition coefficient (Wildman–Crippen LogP) is 1.28. The molecule has 0 spiro atoms. The summed E-state index contributed by atoms with van der Waals surface area (Å²) in [5, 5.41) is 16.2. The Morgan fingerprint density at radius 3 is 2.94 bits per heavy atom. The van der Waals surface area contributed by atoms with Gasteiger partial charge in [0.05, 0.1) is 10.8 Å². The molecule has 6 nitrogen and oxygen atoms in total. The van der Waals surface area contributed by atoms with Crippen LogP contribution in [0.4, 0.5) is 15.8 Å². The minimum absolute atomic E-state index is 0.100. The standard InChI is InChI=1S/C11H12FN3O3/c12-8-1-2-10(15(17)18)9(5-8)14-11(16)7-3-4-13-6-7/h1-2,5,7,13H,3-4,6H2,(H,14,16). The molecule has 1 aliphatic heterocycles. The van der Waals surface area contributed by atoms with Crippen molar-refractivity contribution in [3.05, 3.63) is 34.1 Å². The summed E-state index contributed by atoms with van der Waals surface area (Å²) < 4.78 is 13.1. The van der Waals surface area contributed by atoms with E-state index in [1.807, 2.05) is 0 Å². The van der Waals surface area contributed by atoms with E-state index in [2.05, 4.69) is 10.6 Å². The Balaban J connectivity index is 2.19. The summed E-state index contributed by atoms with van der Waals surface area (Å²) in [5.74, 6) is -1.18. The minimum Gasteiger partial charge on any atom is -0.320 e. The smallest absolute Gasteiger partial charge is 0.292 e. The molecule has 1 amide bonds. The molecule has 0 saturated carbocycles. The van der Waals surface area contributed by atoms with Crippen LogP contribution >= 0.6 is 0 Å². The van der Waals surface area contributed by atoms with Crippen LogP contribution in [0.15, 0.2) is 18.2 Å². The molecule has 0 aromatic heterocycles. The molecule has 7 heteroatoms. The molecule has 0 bridgehead atoms. The van der Waals surface area contributed by atoms with Crippen molar-refractivity contribution in [3.8, 4) is 0 Å². The van der Waals surface area contributed by atoms with E-state index in [1.165, 1.54) is 0 Å². The highest BCUT2D eigenvalue weighted by Crippen LogP contribution is 2.25. The van der Waals surface area contributed by atoms with Gasteiger partial charge in [-0.25, -0.2) is 4.39 Å². The van der Waals surface area contributed by atoms with Crippen LogP contribution in [0, 0.1) is 21.8 Å². The zero-order chi connectivity index (χ0) is 13.1. The van der Waals surface area contributed by atoms with Gasteiger partial charge in [0.25, 0.3) is 5.69 Å². The zero-order valence-electron chi connectivity index (χ0n) is 9.48. The topological polar surface area (TPSA) is 84.3 Å². The fraction of sp³-hybridized carbons (Fsp3) is 0.364. The van der Waals surface area contributed by atoms with E-state index < -0.39 is 10.7 Å². The van der Waals surface area contributed by atoms with Crippen LogP contribution < -0.4 is 10.6 Å². The van der Waals surface area contributed by atoms with Gasteiger partial charge in [0.15, 0.2) is 0 Å². The maximum atomic E-state index is 13.1. The maximum absolute atomic E-state index is 13.1. The molecule has 1 aliphatic rings. The number of carbonyl (C=O) groups excluding carboxylic acids is 1. The summed E-state index contributed by atoms with van der Waals surface area (Å²) in [6, 6.07) is 2.99. The monoisotopic (exact) mass is 253 g/mol. The van der Waals surface area contributed by atoms with E-state index in [1.54, 1.807) is 0 Å². The second-order valence-corrected chi connectivity index (χ2v) is 4.10. The van der Waals surface area contributed by atoms with Gasteiger partial charge in [0.1, 0.15) is 11.5 Å². The number of anilines is 1. The van der Waals surface area contributed by atoms with E-state index >= 15 is 0 Å². The molecule has 1 heterocycles. The van der Waals surface area contributed by atoms with E-state index in [9.17, 15) is 19.3 Å². The summed E-state index contributed by atoms with van der Waals surface area (Å²) in [6.45, 7) is 1.28. The molecule has 18 heavy (non-hydrogen) atoms. The summed E-state index contributed by atoms with van der Waals surface area (Å²) >= 11 is 0. The van der Waals surface area contributed by atoms with Crippen LogP contribution in [0.3, 0.4) is 0 Å². The number of amides is 1. The fourth-order valence-corrected chi connectivity index (χ4v) is 1.88. The lowest BCUT2D eigenvalue weighted by Crippen LogP contribution is -2.25. The first-order valence-electron chi connectivity index (χ1n) is 5.53. The first kappa shape index (κ1) is 12.4. The molecular formula is C11H12FN3O3. The van der Waals surface area contributed by atoms with Gasteiger partial charge in [-0.05, 0) is 19.0 Å². The number of nitrogens with one attached hydrogen (secondary N) is 2. The van der Waals surface area contributed by atoms with Crippen LogP contribution in [0.1, 0.15) is 6.42 Å². The van der Waals surface area contributed by atoms with Crippen molar-refractivity contribution >= 4 is 17.3 Å². The second kappa shape index (κ2) is 5.09. The van der Waals surface area contributed by atoms with Gasteiger partial charge in [-0.2, -0.15) is 0 Å². The quantitative estimate of drug-likeness (QED) is 0.627. The Kier molecular flexibility index (Phi) is 3.52. The largest absolute Gasteiger partial charge is 0.320 e. The lowest BCUT2D eigenvalue weighted by atomic mass is 10.1. The first-order valence-corrected chi connectivity index (χ1v) is 5.53. The summed E-state index contributed by atoms with van der Waals surface area (Å²) in [5.41, 5.74) is -0.410. The Labute approximate surface area is 102 Å². The SMILES string of the molecule is O=C(Nc1cc(F)ccc1[N+](=O)[O-])C1CCNC1. The van der Waals surface area contributed by atoms with Crippen molar-refractivity contribution in [3.63, 3.8) is 0 Å². The van der Waals surface area contributed by atoms with Crippen molar-refractivity contribution in [2.24, 2.45) is 5.92 Å². The molecule has 2 rings (SSSR count). The van der Waals surface area contributed by atoms with Gasteiger partial charge in [0.2, 0.25) is 5.91 Å². The number of rotatable bonds is 3. The average molecular weight is 253 g/mol.